The van der Waals surface area contributed by atoms with Gasteiger partial charge in [0.15, 0.2) is 5.84 Å². The first-order valence-electron chi connectivity index (χ1n) is 9.13. The number of anilines is 2. The number of aliphatic imine (C=N–C) groups is 1. The molecule has 1 aliphatic rings. The second-order valence-electron chi connectivity index (χ2n) is 6.85. The smallest absolute Gasteiger partial charge is 0.339 e. The van der Waals surface area contributed by atoms with E-state index in [9.17, 15) is 13.2 Å². The van der Waals surface area contributed by atoms with Gasteiger partial charge in [-0.25, -0.2) is 23.3 Å². The van der Waals surface area contributed by atoms with Gasteiger partial charge in [-0.1, -0.05) is 24.3 Å². The average Bonchev–Trinajstić information content (AvgIpc) is 3.21. The minimum Gasteiger partial charge on any atom is -0.465 e. The highest BCUT2D eigenvalue weighted by Crippen LogP contribution is 2.32. The lowest BCUT2D eigenvalue weighted by Crippen LogP contribution is -2.47. The van der Waals surface area contributed by atoms with E-state index in [1.165, 1.54) is 31.4 Å². The molecule has 2 aromatic carbocycles. The predicted molar refractivity (Wildman–Crippen MR) is 116 cm³/mol. The summed E-state index contributed by atoms with van der Waals surface area (Å²) in [6, 6.07) is 14.4. The Morgan fingerprint density at radius 2 is 1.84 bits per heavy atom. The van der Waals surface area contributed by atoms with Crippen molar-refractivity contribution in [2.24, 2.45) is 15.9 Å². The number of carbonyl (C=O) groups is 1. The van der Waals surface area contributed by atoms with Gasteiger partial charge >= 0.3 is 5.97 Å². The number of para-hydroxylation sites is 1. The molecule has 0 saturated heterocycles. The minimum atomic E-state index is -3.83. The normalized spacial score (nSPS) is 17.8. The quantitative estimate of drug-likeness (QED) is 0.384. The first-order valence-corrected chi connectivity index (χ1v) is 10.7. The zero-order valence-corrected chi connectivity index (χ0v) is 17.2. The number of fused-ring (bicyclic) bond motifs is 1. The number of carbonyl (C=O) groups excluding carboxylic acids is 1. The summed E-state index contributed by atoms with van der Waals surface area (Å²) in [6.07, 6.45) is 1.72. The lowest BCUT2D eigenvalue weighted by Gasteiger charge is -2.33. The summed E-state index contributed by atoms with van der Waals surface area (Å²) >= 11 is 0. The van der Waals surface area contributed by atoms with Crippen LogP contribution in [0.25, 0.3) is 0 Å². The number of sulfonamides is 1. The van der Waals surface area contributed by atoms with E-state index in [2.05, 4.69) is 20.6 Å². The molecule has 2 heterocycles. The third kappa shape index (κ3) is 3.89. The molecule has 160 valence electrons. The van der Waals surface area contributed by atoms with Gasteiger partial charge in [0.25, 0.3) is 0 Å². The number of ether oxygens (including phenoxy) is 1. The number of amidine groups is 1. The molecule has 11 heteroatoms. The van der Waals surface area contributed by atoms with E-state index in [1.807, 2.05) is 0 Å². The molecule has 10 nitrogen and oxygen atoms in total. The number of esters is 1. The molecule has 0 amide bonds. The first-order chi connectivity index (χ1) is 14.7. The van der Waals surface area contributed by atoms with Gasteiger partial charge in [0, 0.05) is 11.8 Å². The molecule has 7 N–H and O–H groups in total. The van der Waals surface area contributed by atoms with E-state index < -0.39 is 21.8 Å². The van der Waals surface area contributed by atoms with E-state index in [1.54, 1.807) is 36.5 Å². The van der Waals surface area contributed by atoms with Crippen molar-refractivity contribution in [3.05, 3.63) is 77.6 Å². The standard InChI is InChI=1S/C20H20N6O4S/c1-30-19(27)14-4-2-3-5-15(14)24-18-17-16(10-11-23-17)25-20(21,26-18)12-6-8-13(9-7-12)31(22,28)29/h2-11,23,25H,21H2,1H3,(H,24,26)(H2,22,28,29). The number of hydrogen-bond acceptors (Lipinski definition) is 8. The van der Waals surface area contributed by atoms with Crippen LogP contribution in [0.3, 0.4) is 0 Å². The molecule has 31 heavy (non-hydrogen) atoms. The fourth-order valence-corrected chi connectivity index (χ4v) is 3.78. The molecule has 0 aliphatic carbocycles. The fraction of sp³-hybridized carbons (Fsp3) is 0.100. The number of nitrogens with zero attached hydrogens (tertiary/aromatic N) is 1. The molecule has 1 atom stereocenters. The number of nitrogens with two attached hydrogens (primary N) is 2. The highest BCUT2D eigenvalue weighted by molar-refractivity contribution is 7.89. The highest BCUT2D eigenvalue weighted by atomic mass is 32.2. The molecule has 1 aromatic heterocycles. The van der Waals surface area contributed by atoms with Gasteiger partial charge in [-0.15, -0.1) is 0 Å². The molecule has 4 rings (SSSR count). The second-order valence-corrected chi connectivity index (χ2v) is 8.41. The number of rotatable bonds is 4. The Kier molecular flexibility index (Phi) is 5.01. The number of nitrogens with one attached hydrogen (secondary N) is 3. The van der Waals surface area contributed by atoms with Crippen LogP contribution in [-0.2, 0) is 20.5 Å². The topological polar surface area (TPSA) is 165 Å². The largest absolute Gasteiger partial charge is 0.465 e. The van der Waals surface area contributed by atoms with Crippen LogP contribution >= 0.6 is 0 Å². The fourth-order valence-electron chi connectivity index (χ4n) is 3.27. The van der Waals surface area contributed by atoms with Crippen LogP contribution in [0.4, 0.5) is 11.4 Å². The number of benzene rings is 2. The van der Waals surface area contributed by atoms with E-state index in [0.717, 1.165) is 0 Å². The zero-order chi connectivity index (χ0) is 22.2. The van der Waals surface area contributed by atoms with Crippen molar-refractivity contribution in [1.29, 1.82) is 0 Å². The van der Waals surface area contributed by atoms with Crippen molar-refractivity contribution in [3.8, 4) is 0 Å². The van der Waals surface area contributed by atoms with Crippen LogP contribution in [0.5, 0.6) is 0 Å². The van der Waals surface area contributed by atoms with Crippen molar-refractivity contribution >= 4 is 33.2 Å². The Bertz CT molecular complexity index is 1280. The van der Waals surface area contributed by atoms with Gasteiger partial charge < -0.3 is 20.4 Å². The van der Waals surface area contributed by atoms with Crippen LogP contribution in [0.1, 0.15) is 21.6 Å². The molecule has 3 aromatic rings. The van der Waals surface area contributed by atoms with Crippen LogP contribution in [0.15, 0.2) is 70.7 Å². The number of aromatic amines is 1. The van der Waals surface area contributed by atoms with Crippen molar-refractivity contribution in [2.45, 2.75) is 10.7 Å². The summed E-state index contributed by atoms with van der Waals surface area (Å²) in [5.41, 5.74) is 9.20. The van der Waals surface area contributed by atoms with E-state index in [0.29, 0.717) is 34.0 Å². The SMILES string of the molecule is COC(=O)c1ccccc1NC1=NC(N)(c2ccc(S(N)(=O)=O)cc2)Nc2cc[nH]c21. The monoisotopic (exact) mass is 440 g/mol. The third-order valence-corrected chi connectivity index (χ3v) is 5.73. The van der Waals surface area contributed by atoms with E-state index in [-0.39, 0.29) is 4.90 Å². The van der Waals surface area contributed by atoms with Gasteiger partial charge in [-0.3, -0.25) is 5.73 Å². The summed E-state index contributed by atoms with van der Waals surface area (Å²) in [5, 5.41) is 11.5. The molecule has 0 bridgehead atoms. The Labute approximate surface area is 178 Å². The number of H-pyrrole nitrogens is 1. The minimum absolute atomic E-state index is 0.0349. The average molecular weight is 440 g/mol. The van der Waals surface area contributed by atoms with Gasteiger partial charge in [-0.05, 0) is 30.3 Å². The Hall–Kier alpha value is -3.67. The molecule has 0 saturated carbocycles. The summed E-state index contributed by atoms with van der Waals surface area (Å²) in [6.45, 7) is 0. The highest BCUT2D eigenvalue weighted by Gasteiger charge is 2.34. The predicted octanol–water partition coefficient (Wildman–Crippen LogP) is 1.50. The Morgan fingerprint density at radius 1 is 1.13 bits per heavy atom. The van der Waals surface area contributed by atoms with Crippen molar-refractivity contribution in [3.63, 3.8) is 0 Å². The van der Waals surface area contributed by atoms with Crippen LogP contribution in [-0.4, -0.2) is 32.3 Å². The zero-order valence-electron chi connectivity index (χ0n) is 16.4. The van der Waals surface area contributed by atoms with E-state index in [4.69, 9.17) is 15.6 Å². The number of primary sulfonamides is 1. The molecule has 0 spiro atoms. The molecular weight excluding hydrogens is 420 g/mol. The van der Waals surface area contributed by atoms with Crippen LogP contribution < -0.4 is 21.5 Å². The van der Waals surface area contributed by atoms with Gasteiger partial charge in [0.1, 0.15) is 5.69 Å². The van der Waals surface area contributed by atoms with Gasteiger partial charge in [0.2, 0.25) is 15.8 Å². The van der Waals surface area contributed by atoms with Crippen molar-refractivity contribution < 1.29 is 17.9 Å². The van der Waals surface area contributed by atoms with Crippen LogP contribution in [0.2, 0.25) is 0 Å². The Morgan fingerprint density at radius 3 is 2.52 bits per heavy atom. The van der Waals surface area contributed by atoms with Crippen molar-refractivity contribution in [1.82, 2.24) is 4.98 Å². The van der Waals surface area contributed by atoms with E-state index >= 15 is 0 Å². The molecule has 1 aliphatic heterocycles. The Balaban J connectivity index is 1.76. The number of aromatic nitrogens is 1. The summed E-state index contributed by atoms with van der Waals surface area (Å²) < 4.78 is 27.9. The maximum absolute atomic E-state index is 12.1. The molecule has 1 unspecified atom stereocenters. The maximum atomic E-state index is 12.1. The maximum Gasteiger partial charge on any atom is 0.339 e. The number of hydrogen-bond donors (Lipinski definition) is 5. The second kappa shape index (κ2) is 7.54. The van der Waals surface area contributed by atoms with Crippen LogP contribution in [0, 0.1) is 0 Å². The van der Waals surface area contributed by atoms with Gasteiger partial charge in [0.05, 0.1) is 28.9 Å². The van der Waals surface area contributed by atoms with Crippen molar-refractivity contribution in [2.75, 3.05) is 17.7 Å². The third-order valence-electron chi connectivity index (χ3n) is 4.81. The first kappa shape index (κ1) is 20.6. The summed E-state index contributed by atoms with van der Waals surface area (Å²) in [5.74, 6) is -1.52. The van der Waals surface area contributed by atoms with Gasteiger partial charge in [-0.2, -0.15) is 0 Å². The lowest BCUT2D eigenvalue weighted by molar-refractivity contribution is 0.0602. The summed E-state index contributed by atoms with van der Waals surface area (Å²) in [7, 11) is -2.53. The summed E-state index contributed by atoms with van der Waals surface area (Å²) in [4.78, 5) is 19.8. The lowest BCUT2D eigenvalue weighted by atomic mass is 10.1. The number of methoxy groups -OCH3 is 1. The molecule has 0 radical (unpaired) electrons. The molecular formula is C20H20N6O4S. The molecule has 0 fully saturated rings.